The summed E-state index contributed by atoms with van der Waals surface area (Å²) in [6.07, 6.45) is 0. The Morgan fingerprint density at radius 1 is 1.54 bits per heavy atom. The molecule has 1 heterocycles. The van der Waals surface area contributed by atoms with Crippen molar-refractivity contribution < 1.29 is 12.8 Å². The van der Waals surface area contributed by atoms with Crippen molar-refractivity contribution >= 4 is 21.6 Å². The first-order valence-electron chi connectivity index (χ1n) is 3.23. The number of halogens is 2. The monoisotopic (exact) mass is 224 g/mol. The Kier molecular flexibility index (Phi) is 2.84. The van der Waals surface area contributed by atoms with E-state index in [0.717, 1.165) is 6.07 Å². The Bertz CT molecular complexity index is 421. The van der Waals surface area contributed by atoms with Crippen molar-refractivity contribution in [1.82, 2.24) is 9.71 Å². The Hall–Kier alpha value is -0.720. The number of pyridine rings is 1. The highest BCUT2D eigenvalue weighted by Gasteiger charge is 2.17. The maximum atomic E-state index is 12.9. The standard InChI is InChI=1S/C6H6ClFN2O2S/c1-9-13(11,12)4-2-3-5(7)10-6(4)8/h2-3,9H,1H3. The zero-order chi connectivity index (χ0) is 10.1. The lowest BCUT2D eigenvalue weighted by Crippen LogP contribution is -2.20. The van der Waals surface area contributed by atoms with Gasteiger partial charge >= 0.3 is 0 Å². The van der Waals surface area contributed by atoms with Crippen LogP contribution in [0.25, 0.3) is 0 Å². The first-order valence-corrected chi connectivity index (χ1v) is 5.09. The SMILES string of the molecule is CNS(=O)(=O)c1ccc(Cl)nc1F. The minimum absolute atomic E-state index is 0.0902. The molecule has 0 unspecified atom stereocenters. The molecule has 0 saturated heterocycles. The van der Waals surface area contributed by atoms with Crippen molar-refractivity contribution in [1.29, 1.82) is 0 Å². The molecule has 0 amide bonds. The van der Waals surface area contributed by atoms with Crippen LogP contribution >= 0.6 is 11.6 Å². The molecule has 0 atom stereocenters. The molecular weight excluding hydrogens is 219 g/mol. The van der Waals surface area contributed by atoms with Gasteiger partial charge in [-0.25, -0.2) is 18.1 Å². The molecule has 0 aliphatic heterocycles. The van der Waals surface area contributed by atoms with Gasteiger partial charge in [0.15, 0.2) is 0 Å². The fraction of sp³-hybridized carbons (Fsp3) is 0.167. The summed E-state index contributed by atoms with van der Waals surface area (Å²) in [5.41, 5.74) is 0. The van der Waals surface area contributed by atoms with Crippen LogP contribution in [0.3, 0.4) is 0 Å². The Labute approximate surface area is 79.8 Å². The molecule has 13 heavy (non-hydrogen) atoms. The minimum atomic E-state index is -3.79. The molecule has 0 saturated carbocycles. The average Bonchev–Trinajstić information content (AvgIpc) is 2.03. The van der Waals surface area contributed by atoms with E-state index >= 15 is 0 Å². The predicted octanol–water partition coefficient (Wildman–Crippen LogP) is 0.782. The van der Waals surface area contributed by atoms with Gasteiger partial charge in [0, 0.05) is 0 Å². The average molecular weight is 225 g/mol. The summed E-state index contributed by atoms with van der Waals surface area (Å²) >= 11 is 5.34. The van der Waals surface area contributed by atoms with Crippen molar-refractivity contribution in [3.63, 3.8) is 0 Å². The van der Waals surface area contributed by atoms with E-state index in [1.165, 1.54) is 13.1 Å². The van der Waals surface area contributed by atoms with Crippen LogP contribution in [0.4, 0.5) is 4.39 Å². The Balaban J connectivity index is 3.33. The molecule has 1 aromatic rings. The van der Waals surface area contributed by atoms with Crippen LogP contribution in [0.2, 0.25) is 5.15 Å². The highest BCUT2D eigenvalue weighted by atomic mass is 35.5. The van der Waals surface area contributed by atoms with Crippen LogP contribution in [0.5, 0.6) is 0 Å². The molecule has 0 spiro atoms. The quantitative estimate of drug-likeness (QED) is 0.756. The fourth-order valence-electron chi connectivity index (χ4n) is 0.710. The normalized spacial score (nSPS) is 11.6. The van der Waals surface area contributed by atoms with Crippen molar-refractivity contribution in [3.05, 3.63) is 23.2 Å². The lowest BCUT2D eigenvalue weighted by Gasteiger charge is -2.02. The van der Waals surface area contributed by atoms with Gasteiger partial charge in [-0.3, -0.25) is 0 Å². The van der Waals surface area contributed by atoms with Crippen LogP contribution in [0.1, 0.15) is 0 Å². The maximum absolute atomic E-state index is 12.9. The predicted molar refractivity (Wildman–Crippen MR) is 45.5 cm³/mol. The molecule has 1 rings (SSSR count). The molecule has 0 radical (unpaired) electrons. The van der Waals surface area contributed by atoms with E-state index < -0.39 is 20.9 Å². The van der Waals surface area contributed by atoms with Crippen molar-refractivity contribution in [2.24, 2.45) is 0 Å². The van der Waals surface area contributed by atoms with Gasteiger partial charge in [0.05, 0.1) is 0 Å². The second-order valence-electron chi connectivity index (χ2n) is 2.13. The van der Waals surface area contributed by atoms with Gasteiger partial charge in [-0.2, -0.15) is 4.39 Å². The van der Waals surface area contributed by atoms with E-state index in [-0.39, 0.29) is 5.15 Å². The molecule has 0 aliphatic rings. The summed E-state index contributed by atoms with van der Waals surface area (Å²) in [6, 6.07) is 2.26. The second kappa shape index (κ2) is 3.57. The fourth-order valence-corrected chi connectivity index (χ4v) is 1.58. The molecule has 4 nitrogen and oxygen atoms in total. The van der Waals surface area contributed by atoms with E-state index in [4.69, 9.17) is 11.6 Å². The summed E-state index contributed by atoms with van der Waals surface area (Å²) in [5, 5.41) is -0.0902. The van der Waals surface area contributed by atoms with E-state index in [1.54, 1.807) is 0 Å². The van der Waals surface area contributed by atoms with E-state index in [2.05, 4.69) is 4.98 Å². The molecule has 0 fully saturated rings. The number of aromatic nitrogens is 1. The molecule has 0 aromatic carbocycles. The topological polar surface area (TPSA) is 59.1 Å². The molecule has 1 N–H and O–H groups in total. The summed E-state index contributed by atoms with van der Waals surface area (Å²) in [6.45, 7) is 0. The Morgan fingerprint density at radius 2 is 2.15 bits per heavy atom. The first kappa shape index (κ1) is 10.4. The molecule has 1 aromatic heterocycles. The highest BCUT2D eigenvalue weighted by Crippen LogP contribution is 2.14. The number of hydrogen-bond acceptors (Lipinski definition) is 3. The number of hydrogen-bond donors (Lipinski definition) is 1. The molecular formula is C6H6ClFN2O2S. The van der Waals surface area contributed by atoms with Crippen molar-refractivity contribution in [2.75, 3.05) is 7.05 Å². The summed E-state index contributed by atoms with van der Waals surface area (Å²) in [4.78, 5) is 2.65. The van der Waals surface area contributed by atoms with E-state index in [1.807, 2.05) is 4.72 Å². The largest absolute Gasteiger partial charge is 0.244 e. The van der Waals surface area contributed by atoms with Gasteiger partial charge < -0.3 is 0 Å². The van der Waals surface area contributed by atoms with Crippen LogP contribution in [-0.2, 0) is 10.0 Å². The van der Waals surface area contributed by atoms with E-state index in [0.29, 0.717) is 0 Å². The van der Waals surface area contributed by atoms with E-state index in [9.17, 15) is 12.8 Å². The van der Waals surface area contributed by atoms with Crippen LogP contribution in [0, 0.1) is 5.95 Å². The summed E-state index contributed by atoms with van der Waals surface area (Å²) in [5.74, 6) is -1.11. The first-order chi connectivity index (χ1) is 5.97. The van der Waals surface area contributed by atoms with Gasteiger partial charge in [-0.15, -0.1) is 0 Å². The number of nitrogens with zero attached hydrogens (tertiary/aromatic N) is 1. The zero-order valence-electron chi connectivity index (χ0n) is 6.58. The summed E-state index contributed by atoms with van der Waals surface area (Å²) in [7, 11) is -2.61. The number of rotatable bonds is 2. The second-order valence-corrected chi connectivity index (χ2v) is 4.37. The number of nitrogens with one attached hydrogen (secondary N) is 1. The Morgan fingerprint density at radius 3 is 2.62 bits per heavy atom. The molecule has 7 heteroatoms. The minimum Gasteiger partial charge on any atom is -0.214 e. The maximum Gasteiger partial charge on any atom is 0.244 e. The zero-order valence-corrected chi connectivity index (χ0v) is 8.16. The van der Waals surface area contributed by atoms with Gasteiger partial charge in [-0.05, 0) is 19.2 Å². The highest BCUT2D eigenvalue weighted by molar-refractivity contribution is 7.89. The smallest absolute Gasteiger partial charge is 0.214 e. The van der Waals surface area contributed by atoms with Gasteiger partial charge in [-0.1, -0.05) is 11.6 Å². The third-order valence-corrected chi connectivity index (χ3v) is 2.97. The van der Waals surface area contributed by atoms with Gasteiger partial charge in [0.1, 0.15) is 10.0 Å². The summed E-state index contributed by atoms with van der Waals surface area (Å²) < 4.78 is 37.1. The van der Waals surface area contributed by atoms with Crippen molar-refractivity contribution in [3.8, 4) is 0 Å². The van der Waals surface area contributed by atoms with Crippen LogP contribution < -0.4 is 4.72 Å². The van der Waals surface area contributed by atoms with Gasteiger partial charge in [0.2, 0.25) is 16.0 Å². The van der Waals surface area contributed by atoms with Gasteiger partial charge in [0.25, 0.3) is 0 Å². The molecule has 0 aliphatic carbocycles. The lowest BCUT2D eigenvalue weighted by atomic mass is 10.5. The van der Waals surface area contributed by atoms with Crippen molar-refractivity contribution in [2.45, 2.75) is 4.90 Å². The van der Waals surface area contributed by atoms with Crippen LogP contribution in [-0.4, -0.2) is 20.4 Å². The third kappa shape index (κ3) is 2.15. The molecule has 0 bridgehead atoms. The molecule has 72 valence electrons. The third-order valence-electron chi connectivity index (χ3n) is 1.34. The lowest BCUT2D eigenvalue weighted by molar-refractivity contribution is 0.535. The van der Waals surface area contributed by atoms with Crippen LogP contribution in [0.15, 0.2) is 17.0 Å². The number of sulfonamides is 1.